The summed E-state index contributed by atoms with van der Waals surface area (Å²) in [6.45, 7) is 2.78. The predicted octanol–water partition coefficient (Wildman–Crippen LogP) is 5.89. The number of nitrogens with zero attached hydrogens (tertiary/aromatic N) is 2. The smallest absolute Gasteiger partial charge is 0.212 e. The molecule has 5 aromatic carbocycles. The number of hydrogen-bond acceptors (Lipinski definition) is 1. The van der Waals surface area contributed by atoms with Crippen molar-refractivity contribution in [3.05, 3.63) is 181 Å². The van der Waals surface area contributed by atoms with E-state index in [1.54, 1.807) is 0 Å². The van der Waals surface area contributed by atoms with Gasteiger partial charge in [-0.2, -0.15) is 0 Å². The molecule has 1 saturated carbocycles. The summed E-state index contributed by atoms with van der Waals surface area (Å²) in [6.07, 6.45) is 8.71. The minimum Gasteiger partial charge on any atom is -0.326 e. The maximum Gasteiger partial charge on any atom is 0.212 e. The minimum absolute atomic E-state index is 0.202. The lowest BCUT2D eigenvalue weighted by Crippen LogP contribution is -2.46. The number of imidazole rings is 1. The maximum atomic E-state index is 4.38. The summed E-state index contributed by atoms with van der Waals surface area (Å²) < 4.78 is 2.30. The maximum absolute atomic E-state index is 4.38. The Balaban J connectivity index is 0.000000168. The first-order chi connectivity index (χ1) is 20.7. The van der Waals surface area contributed by atoms with E-state index in [4.69, 9.17) is 0 Å². The normalized spacial score (nSPS) is 13.0. The highest BCUT2D eigenvalue weighted by Crippen LogP contribution is 2.38. The van der Waals surface area contributed by atoms with Gasteiger partial charge in [0.15, 0.2) is 0 Å². The Labute approximate surface area is 253 Å². The van der Waals surface area contributed by atoms with E-state index in [2.05, 4.69) is 168 Å². The van der Waals surface area contributed by atoms with Crippen molar-refractivity contribution in [1.29, 1.82) is 0 Å². The Hall–Kier alpha value is -4.41. The lowest BCUT2D eigenvalue weighted by atomic mass is 9.37. The second kappa shape index (κ2) is 13.1. The molecule has 0 bridgehead atoms. The van der Waals surface area contributed by atoms with Crippen LogP contribution < -0.4 is 16.1 Å². The average molecular weight is 561 g/mol. The molecule has 0 saturated heterocycles. The van der Waals surface area contributed by atoms with Crippen molar-refractivity contribution in [3.63, 3.8) is 0 Å². The number of benzene rings is 5. The van der Waals surface area contributed by atoms with Crippen LogP contribution in [-0.4, -0.2) is 25.8 Å². The fourth-order valence-electron chi connectivity index (χ4n) is 6.28. The van der Waals surface area contributed by atoms with E-state index >= 15 is 0 Å². The van der Waals surface area contributed by atoms with Gasteiger partial charge < -0.3 is 4.57 Å². The van der Waals surface area contributed by atoms with Crippen molar-refractivity contribution in [2.75, 3.05) is 0 Å². The molecule has 1 aliphatic rings. The van der Waals surface area contributed by atoms with Crippen molar-refractivity contribution in [2.45, 2.75) is 30.7 Å². The molecule has 1 fully saturated rings. The molecular formula is C38H37BN2Si. The van der Waals surface area contributed by atoms with Crippen LogP contribution >= 0.6 is 0 Å². The van der Waals surface area contributed by atoms with Crippen molar-refractivity contribution in [3.8, 4) is 0 Å². The molecular weight excluding hydrogens is 523 g/mol. The monoisotopic (exact) mass is 560 g/mol. The Morgan fingerprint density at radius 2 is 1.19 bits per heavy atom. The molecule has 42 heavy (non-hydrogen) atoms. The third-order valence-corrected chi connectivity index (χ3v) is 10.9. The highest BCUT2D eigenvalue weighted by atomic mass is 28.2. The van der Waals surface area contributed by atoms with Gasteiger partial charge in [-0.1, -0.05) is 186 Å². The Morgan fingerprint density at radius 3 is 1.64 bits per heavy atom. The van der Waals surface area contributed by atoms with E-state index in [1.807, 2.05) is 12.5 Å². The zero-order valence-corrected chi connectivity index (χ0v) is 25.7. The van der Waals surface area contributed by atoms with Crippen LogP contribution in [0.5, 0.6) is 0 Å². The van der Waals surface area contributed by atoms with Crippen LogP contribution in [0.1, 0.15) is 29.5 Å². The first-order valence-electron chi connectivity index (χ1n) is 15.0. The fourth-order valence-corrected chi connectivity index (χ4v) is 8.80. The predicted molar refractivity (Wildman–Crippen MR) is 182 cm³/mol. The van der Waals surface area contributed by atoms with Crippen LogP contribution in [0.25, 0.3) is 0 Å². The molecule has 0 spiro atoms. The summed E-state index contributed by atoms with van der Waals surface area (Å²) in [4.78, 5) is 4.38. The van der Waals surface area contributed by atoms with Crippen molar-refractivity contribution in [2.24, 2.45) is 0 Å². The van der Waals surface area contributed by atoms with Gasteiger partial charge in [0.05, 0.1) is 21.0 Å². The van der Waals surface area contributed by atoms with Gasteiger partial charge in [-0.15, -0.1) is 0 Å². The molecule has 0 amide bonds. The number of hydrogen-bond donors (Lipinski definition) is 0. The Bertz CT molecular complexity index is 1570. The first kappa shape index (κ1) is 27.7. The lowest BCUT2D eigenvalue weighted by Gasteiger charge is -2.37. The molecule has 7 rings (SSSR count). The van der Waals surface area contributed by atoms with Crippen molar-refractivity contribution < 1.29 is 0 Å². The Kier molecular flexibility index (Phi) is 8.62. The molecule has 1 heterocycles. The van der Waals surface area contributed by atoms with Crippen molar-refractivity contribution >= 4 is 32.3 Å². The van der Waals surface area contributed by atoms with Gasteiger partial charge in [-0.3, -0.25) is 0 Å². The van der Waals surface area contributed by atoms with E-state index in [1.165, 1.54) is 45.6 Å². The van der Waals surface area contributed by atoms with Crippen LogP contribution in [0.15, 0.2) is 164 Å². The lowest BCUT2D eigenvalue weighted by molar-refractivity contribution is 0.596. The van der Waals surface area contributed by atoms with E-state index in [9.17, 15) is 0 Å². The van der Waals surface area contributed by atoms with Gasteiger partial charge in [0, 0.05) is 12.4 Å². The molecule has 4 heteroatoms. The number of aryl methyl sites for hydroxylation is 1. The minimum atomic E-state index is -0.768. The van der Waals surface area contributed by atoms with E-state index in [-0.39, 0.29) is 5.16 Å². The molecule has 6 aromatic rings. The summed E-state index contributed by atoms with van der Waals surface area (Å²) in [5.41, 5.74) is 6.89. The topological polar surface area (TPSA) is 17.8 Å². The molecule has 1 aromatic heterocycles. The summed E-state index contributed by atoms with van der Waals surface area (Å²) in [5, 5.41) is 1.25. The SMILES string of the molecule is Cc1cccc([SiH2]C(c2ccccc2)(c2ccccc2)n2ccnc2)c1.c1ccc(B(c2ccccc2)C2CC2)cc1. The van der Waals surface area contributed by atoms with Gasteiger partial charge in [-0.25, -0.2) is 4.98 Å². The quantitative estimate of drug-likeness (QED) is 0.212. The summed E-state index contributed by atoms with van der Waals surface area (Å²) in [5.74, 6) is 0.866. The fraction of sp³-hybridized carbons (Fsp3) is 0.132. The first-order valence-corrected chi connectivity index (χ1v) is 16.4. The van der Waals surface area contributed by atoms with Crippen LogP contribution in [0.2, 0.25) is 5.82 Å². The zero-order valence-electron chi connectivity index (χ0n) is 24.3. The van der Waals surface area contributed by atoms with Gasteiger partial charge in [0.1, 0.15) is 0 Å². The third-order valence-electron chi connectivity index (χ3n) is 8.40. The van der Waals surface area contributed by atoms with E-state index in [0.29, 0.717) is 6.71 Å². The van der Waals surface area contributed by atoms with Crippen LogP contribution in [0.3, 0.4) is 0 Å². The van der Waals surface area contributed by atoms with Gasteiger partial charge in [0.25, 0.3) is 0 Å². The second-order valence-electron chi connectivity index (χ2n) is 11.4. The average Bonchev–Trinajstić information content (AvgIpc) is 3.73. The van der Waals surface area contributed by atoms with Gasteiger partial charge in [-0.05, 0) is 18.1 Å². The Morgan fingerprint density at radius 1 is 0.667 bits per heavy atom. The van der Waals surface area contributed by atoms with E-state index in [0.717, 1.165) is 5.82 Å². The standard InChI is InChI=1S/C23H22N2Si.C15H15B/c1-19-9-8-14-22(17-19)26-23(25-16-15-24-18-25,20-10-4-2-5-11-20)21-12-6-3-7-13-21;1-3-7-13(8-4-1)16(15-11-12-15)14-9-5-2-6-10-14/h2-18H,26H2,1H3;1-10,15H,11-12H2. The number of rotatable bonds is 8. The van der Waals surface area contributed by atoms with Crippen LogP contribution in [0, 0.1) is 6.92 Å². The zero-order chi connectivity index (χ0) is 28.6. The highest BCUT2D eigenvalue weighted by Gasteiger charge is 2.37. The number of aromatic nitrogens is 2. The van der Waals surface area contributed by atoms with E-state index < -0.39 is 9.52 Å². The summed E-state index contributed by atoms with van der Waals surface area (Å²) in [6, 6.07) is 52.5. The molecule has 0 N–H and O–H groups in total. The molecule has 0 aliphatic heterocycles. The van der Waals surface area contributed by atoms with Crippen LogP contribution in [0.4, 0.5) is 0 Å². The molecule has 0 unspecified atom stereocenters. The molecule has 0 radical (unpaired) electrons. The molecule has 206 valence electrons. The van der Waals surface area contributed by atoms with Crippen LogP contribution in [-0.2, 0) is 5.16 Å². The summed E-state index contributed by atoms with van der Waals surface area (Å²) >= 11 is 0. The van der Waals surface area contributed by atoms with Crippen molar-refractivity contribution in [1.82, 2.24) is 9.55 Å². The largest absolute Gasteiger partial charge is 0.326 e. The molecule has 1 aliphatic carbocycles. The molecule has 2 nitrogen and oxygen atoms in total. The van der Waals surface area contributed by atoms with Gasteiger partial charge in [0.2, 0.25) is 6.71 Å². The third kappa shape index (κ3) is 6.24. The molecule has 0 atom stereocenters. The highest BCUT2D eigenvalue weighted by molar-refractivity contribution is 6.86. The second-order valence-corrected chi connectivity index (χ2v) is 13.6. The summed E-state index contributed by atoms with van der Waals surface area (Å²) in [7, 11) is -0.768. The van der Waals surface area contributed by atoms with Gasteiger partial charge >= 0.3 is 0 Å².